The van der Waals surface area contributed by atoms with Crippen LogP contribution in [-0.4, -0.2) is 52.2 Å². The monoisotopic (exact) mass is 357 g/mol. The molecule has 1 amide bonds. The van der Waals surface area contributed by atoms with Gasteiger partial charge in [-0.3, -0.25) is 4.79 Å². The predicted molar refractivity (Wildman–Crippen MR) is 91.3 cm³/mol. The van der Waals surface area contributed by atoms with Gasteiger partial charge in [-0.1, -0.05) is 12.1 Å². The molecule has 6 nitrogen and oxygen atoms in total. The highest BCUT2D eigenvalue weighted by molar-refractivity contribution is 5.93. The summed E-state index contributed by atoms with van der Waals surface area (Å²) >= 11 is 0. The molecule has 2 aliphatic heterocycles. The fourth-order valence-electron chi connectivity index (χ4n) is 3.75. The zero-order chi connectivity index (χ0) is 18.0. The van der Waals surface area contributed by atoms with Crippen molar-refractivity contribution in [1.29, 1.82) is 0 Å². The Morgan fingerprint density at radius 1 is 1.31 bits per heavy atom. The summed E-state index contributed by atoms with van der Waals surface area (Å²) in [6.07, 6.45) is 6.58. The van der Waals surface area contributed by atoms with Crippen molar-refractivity contribution in [2.45, 2.75) is 31.0 Å². The highest BCUT2D eigenvalue weighted by Crippen LogP contribution is 2.36. The Bertz CT molecular complexity index is 789. The lowest BCUT2D eigenvalue weighted by Crippen LogP contribution is -2.50. The quantitative estimate of drug-likeness (QED) is 0.844. The lowest BCUT2D eigenvalue weighted by molar-refractivity contribution is -0.0453. The fraction of sp³-hybridized carbons (Fsp3) is 0.421. The maximum absolute atomic E-state index is 13.8. The van der Waals surface area contributed by atoms with Crippen LogP contribution in [0.1, 0.15) is 29.6 Å². The van der Waals surface area contributed by atoms with E-state index in [9.17, 15) is 9.18 Å². The van der Waals surface area contributed by atoms with Gasteiger partial charge >= 0.3 is 0 Å². The zero-order valence-corrected chi connectivity index (χ0v) is 14.3. The van der Waals surface area contributed by atoms with Gasteiger partial charge in [-0.2, -0.15) is 0 Å². The summed E-state index contributed by atoms with van der Waals surface area (Å²) in [6, 6.07) is 6.37. The van der Waals surface area contributed by atoms with E-state index in [1.54, 1.807) is 23.1 Å². The summed E-state index contributed by atoms with van der Waals surface area (Å²) < 4.78 is 25.6. The number of halogens is 1. The number of rotatable bonds is 3. The van der Waals surface area contributed by atoms with Crippen molar-refractivity contribution in [2.75, 3.05) is 19.7 Å². The summed E-state index contributed by atoms with van der Waals surface area (Å²) in [5.41, 5.74) is 0.0427. The number of likely N-dealkylation sites (tertiary alicyclic amines) is 1. The third-order valence-electron chi connectivity index (χ3n) is 4.94. The molecular formula is C19H20FN3O3. The molecule has 0 aliphatic carbocycles. The maximum atomic E-state index is 13.8. The number of carbonyl (C=O) groups excluding carboxylic acids is 1. The predicted octanol–water partition coefficient (Wildman–Crippen LogP) is 2.46. The maximum Gasteiger partial charge on any atom is 0.257 e. The number of hydrogen-bond donors (Lipinski definition) is 0. The Balaban J connectivity index is 1.43. The van der Waals surface area contributed by atoms with E-state index in [2.05, 4.69) is 9.97 Å². The van der Waals surface area contributed by atoms with Crippen LogP contribution in [0, 0.1) is 5.82 Å². The van der Waals surface area contributed by atoms with E-state index in [0.29, 0.717) is 31.7 Å². The number of aromatic nitrogens is 2. The van der Waals surface area contributed by atoms with E-state index in [1.165, 1.54) is 24.8 Å². The largest absolute Gasteiger partial charge is 0.485 e. The lowest BCUT2D eigenvalue weighted by atomic mass is 9.89. The first-order valence-corrected chi connectivity index (χ1v) is 8.75. The molecule has 0 radical (unpaired) electrons. The van der Waals surface area contributed by atoms with Crippen molar-refractivity contribution >= 4 is 5.91 Å². The van der Waals surface area contributed by atoms with Gasteiger partial charge in [0.2, 0.25) is 0 Å². The van der Waals surface area contributed by atoms with Gasteiger partial charge in [0.05, 0.1) is 24.3 Å². The van der Waals surface area contributed by atoms with Gasteiger partial charge in [0, 0.05) is 25.4 Å². The molecule has 136 valence electrons. The van der Waals surface area contributed by atoms with Crippen LogP contribution in [0.25, 0.3) is 0 Å². The number of hydrogen-bond acceptors (Lipinski definition) is 5. The van der Waals surface area contributed by atoms with Crippen molar-refractivity contribution in [3.05, 3.63) is 54.4 Å². The summed E-state index contributed by atoms with van der Waals surface area (Å²) in [5, 5.41) is 0. The lowest BCUT2D eigenvalue weighted by Gasteiger charge is -2.39. The zero-order valence-electron chi connectivity index (χ0n) is 14.3. The molecule has 3 heterocycles. The van der Waals surface area contributed by atoms with Gasteiger partial charge in [0.1, 0.15) is 12.4 Å². The second kappa shape index (κ2) is 6.99. The van der Waals surface area contributed by atoms with Gasteiger partial charge in [0.25, 0.3) is 5.91 Å². The molecule has 2 aliphatic rings. The number of ether oxygens (including phenoxy) is 2. The highest BCUT2D eigenvalue weighted by atomic mass is 19.1. The van der Waals surface area contributed by atoms with Crippen LogP contribution in [0.15, 0.2) is 43.0 Å². The Hall–Kier alpha value is -2.54. The van der Waals surface area contributed by atoms with Gasteiger partial charge < -0.3 is 14.4 Å². The van der Waals surface area contributed by atoms with Crippen LogP contribution in [0.4, 0.5) is 4.39 Å². The average Bonchev–Trinajstić information content (AvgIpc) is 3.05. The van der Waals surface area contributed by atoms with Gasteiger partial charge in [0.15, 0.2) is 11.6 Å². The van der Waals surface area contributed by atoms with Gasteiger partial charge in [-0.05, 0) is 25.0 Å². The Labute approximate surface area is 151 Å². The second-order valence-electron chi connectivity index (χ2n) is 6.83. The van der Waals surface area contributed by atoms with Gasteiger partial charge in [-0.15, -0.1) is 0 Å². The van der Waals surface area contributed by atoms with E-state index in [1.807, 2.05) is 0 Å². The normalized spacial score (nSPS) is 25.4. The van der Waals surface area contributed by atoms with Crippen LogP contribution < -0.4 is 4.74 Å². The summed E-state index contributed by atoms with van der Waals surface area (Å²) in [4.78, 5) is 22.3. The summed E-state index contributed by atoms with van der Waals surface area (Å²) in [7, 11) is 0. The van der Waals surface area contributed by atoms with E-state index in [0.717, 1.165) is 12.8 Å². The first-order valence-electron chi connectivity index (χ1n) is 8.75. The highest BCUT2D eigenvalue weighted by Gasteiger charge is 2.45. The average molecular weight is 357 g/mol. The molecule has 2 aromatic rings. The molecule has 2 atom stereocenters. The molecule has 7 heteroatoms. The van der Waals surface area contributed by atoms with E-state index >= 15 is 0 Å². The number of para-hydroxylation sites is 1. The minimum atomic E-state index is -0.431. The smallest absolute Gasteiger partial charge is 0.257 e. The molecule has 0 saturated carbocycles. The van der Waals surface area contributed by atoms with Crippen molar-refractivity contribution < 1.29 is 18.7 Å². The Morgan fingerprint density at radius 2 is 2.12 bits per heavy atom. The van der Waals surface area contributed by atoms with Crippen LogP contribution in [0.3, 0.4) is 0 Å². The summed E-state index contributed by atoms with van der Waals surface area (Å²) in [6.45, 7) is 1.57. The van der Waals surface area contributed by atoms with E-state index in [-0.39, 0.29) is 23.6 Å². The van der Waals surface area contributed by atoms with Crippen molar-refractivity contribution in [3.8, 4) is 5.75 Å². The first kappa shape index (κ1) is 16.9. The van der Waals surface area contributed by atoms with E-state index in [4.69, 9.17) is 9.47 Å². The summed E-state index contributed by atoms with van der Waals surface area (Å²) in [5.74, 6) is -0.229. The molecule has 0 unspecified atom stereocenters. The number of amides is 1. The van der Waals surface area contributed by atoms with Gasteiger partial charge in [-0.25, -0.2) is 14.4 Å². The third kappa shape index (κ3) is 3.39. The molecular weight excluding hydrogens is 337 g/mol. The molecule has 4 rings (SSSR count). The molecule has 1 spiro atoms. The minimum Gasteiger partial charge on any atom is -0.485 e. The number of piperidine rings is 1. The number of benzene rings is 1. The fourth-order valence-corrected chi connectivity index (χ4v) is 3.75. The molecule has 1 aromatic heterocycles. The molecule has 26 heavy (non-hydrogen) atoms. The van der Waals surface area contributed by atoms with Crippen molar-refractivity contribution in [1.82, 2.24) is 14.9 Å². The Morgan fingerprint density at radius 3 is 2.92 bits per heavy atom. The van der Waals surface area contributed by atoms with Crippen LogP contribution in [0.2, 0.25) is 0 Å². The third-order valence-corrected chi connectivity index (χ3v) is 4.94. The first-order chi connectivity index (χ1) is 12.7. The van der Waals surface area contributed by atoms with Crippen LogP contribution in [0.5, 0.6) is 5.75 Å². The molecule has 2 fully saturated rings. The van der Waals surface area contributed by atoms with Crippen molar-refractivity contribution in [3.63, 3.8) is 0 Å². The number of nitrogens with zero attached hydrogens (tertiary/aromatic N) is 3. The van der Waals surface area contributed by atoms with Crippen LogP contribution >= 0.6 is 0 Å². The molecule has 1 aromatic carbocycles. The minimum absolute atomic E-state index is 0.0910. The second-order valence-corrected chi connectivity index (χ2v) is 6.83. The molecule has 0 bridgehead atoms. The van der Waals surface area contributed by atoms with E-state index < -0.39 is 5.60 Å². The topological polar surface area (TPSA) is 64.6 Å². The standard InChI is InChI=1S/C19H20FN3O3/c20-16-4-1-2-5-17(16)26-15-8-19(25-11-15)6-3-7-23(12-19)18(24)14-9-21-13-22-10-14/h1-2,4-5,9-10,13,15H,3,6-8,11-12H2/t15-,19-/m1/s1. The molecule has 0 N–H and O–H groups in total. The van der Waals surface area contributed by atoms with Crippen LogP contribution in [-0.2, 0) is 4.74 Å². The Kier molecular flexibility index (Phi) is 4.55. The SMILES string of the molecule is O=C(c1cncnc1)N1CCC[C@@]2(C[C@@H](Oc3ccccc3F)CO2)C1. The van der Waals surface area contributed by atoms with Crippen molar-refractivity contribution in [2.24, 2.45) is 0 Å². The number of carbonyl (C=O) groups is 1. The molecule has 2 saturated heterocycles.